The normalized spacial score (nSPS) is 16.4. The van der Waals surface area contributed by atoms with Crippen molar-refractivity contribution in [3.63, 3.8) is 0 Å². The van der Waals surface area contributed by atoms with Crippen molar-refractivity contribution in [3.8, 4) is 0 Å². The molecule has 20 heavy (non-hydrogen) atoms. The van der Waals surface area contributed by atoms with Gasteiger partial charge >= 0.3 is 6.09 Å². The first-order valence-corrected chi connectivity index (χ1v) is 7.13. The van der Waals surface area contributed by atoms with Gasteiger partial charge in [0.05, 0.1) is 11.7 Å². The Morgan fingerprint density at radius 3 is 2.95 bits per heavy atom. The number of nitrogens with two attached hydrogens (primary N) is 1. The number of aromatic nitrogens is 2. The molecule has 0 fully saturated rings. The number of fused-ring (bicyclic) bond motifs is 1. The number of hydrogen-bond acceptors (Lipinski definition) is 4. The number of ether oxygens (including phenoxy) is 1. The summed E-state index contributed by atoms with van der Waals surface area (Å²) in [5, 5.41) is 2.68. The van der Waals surface area contributed by atoms with E-state index in [0.717, 1.165) is 24.5 Å². The molecule has 0 aromatic carbocycles. The molecule has 1 amide bonds. The maximum atomic E-state index is 11.6. The third kappa shape index (κ3) is 3.96. The van der Waals surface area contributed by atoms with Crippen molar-refractivity contribution in [2.45, 2.75) is 58.2 Å². The minimum atomic E-state index is -0.498. The lowest BCUT2D eigenvalue weighted by Crippen LogP contribution is -2.36. The topological polar surface area (TPSA) is 82.2 Å². The number of aryl methyl sites for hydroxylation is 2. The fourth-order valence-corrected chi connectivity index (χ4v) is 2.23. The smallest absolute Gasteiger partial charge is 0.407 e. The van der Waals surface area contributed by atoms with Crippen LogP contribution in [0.15, 0.2) is 6.20 Å². The van der Waals surface area contributed by atoms with Crippen molar-refractivity contribution in [3.05, 3.63) is 17.7 Å². The summed E-state index contributed by atoms with van der Waals surface area (Å²) in [7, 11) is 0. The lowest BCUT2D eigenvalue weighted by Gasteiger charge is -2.20. The van der Waals surface area contributed by atoms with Crippen LogP contribution in [0.25, 0.3) is 0 Å². The van der Waals surface area contributed by atoms with Crippen LogP contribution in [-0.4, -0.2) is 27.8 Å². The first kappa shape index (κ1) is 14.8. The van der Waals surface area contributed by atoms with E-state index in [9.17, 15) is 4.79 Å². The van der Waals surface area contributed by atoms with Crippen LogP contribution >= 0.6 is 0 Å². The third-order valence-electron chi connectivity index (χ3n) is 3.17. The minimum absolute atomic E-state index is 0.305. The van der Waals surface area contributed by atoms with Gasteiger partial charge in [0.15, 0.2) is 0 Å². The summed E-state index contributed by atoms with van der Waals surface area (Å²) in [6.07, 6.45) is 4.93. The zero-order chi connectivity index (χ0) is 14.8. The maximum absolute atomic E-state index is 11.6. The van der Waals surface area contributed by atoms with Gasteiger partial charge in [-0.3, -0.25) is 0 Å². The SMILES string of the molecule is CC(C)(C)OC(=O)NCC(N)c1cn2c(n1)CCCC2. The lowest BCUT2D eigenvalue weighted by atomic mass is 10.2. The van der Waals surface area contributed by atoms with Crippen LogP contribution < -0.4 is 11.1 Å². The van der Waals surface area contributed by atoms with E-state index in [1.165, 1.54) is 12.8 Å². The Morgan fingerprint density at radius 2 is 2.30 bits per heavy atom. The molecule has 1 aromatic heterocycles. The molecule has 3 N–H and O–H groups in total. The van der Waals surface area contributed by atoms with E-state index in [1.54, 1.807) is 0 Å². The van der Waals surface area contributed by atoms with Gasteiger partial charge in [-0.05, 0) is 33.6 Å². The van der Waals surface area contributed by atoms with Crippen LogP contribution in [0.5, 0.6) is 0 Å². The highest BCUT2D eigenvalue weighted by Crippen LogP contribution is 2.17. The number of alkyl carbamates (subject to hydrolysis) is 1. The highest BCUT2D eigenvalue weighted by Gasteiger charge is 2.19. The molecule has 0 aliphatic carbocycles. The van der Waals surface area contributed by atoms with Gasteiger partial charge in [-0.25, -0.2) is 9.78 Å². The number of amides is 1. The van der Waals surface area contributed by atoms with Crippen LogP contribution in [0, 0.1) is 0 Å². The molecule has 0 bridgehead atoms. The Bertz CT molecular complexity index is 453. The first-order valence-electron chi connectivity index (χ1n) is 7.13. The second kappa shape index (κ2) is 5.83. The monoisotopic (exact) mass is 280 g/mol. The van der Waals surface area contributed by atoms with Gasteiger partial charge in [-0.15, -0.1) is 0 Å². The van der Waals surface area contributed by atoms with Crippen molar-refractivity contribution in [1.29, 1.82) is 0 Å². The minimum Gasteiger partial charge on any atom is -0.444 e. The summed E-state index contributed by atoms with van der Waals surface area (Å²) >= 11 is 0. The zero-order valence-corrected chi connectivity index (χ0v) is 12.5. The molecule has 112 valence electrons. The van der Waals surface area contributed by atoms with E-state index in [2.05, 4.69) is 14.9 Å². The van der Waals surface area contributed by atoms with E-state index in [0.29, 0.717) is 6.54 Å². The maximum Gasteiger partial charge on any atom is 0.407 e. The molecule has 0 spiro atoms. The molecular weight excluding hydrogens is 256 g/mol. The second-order valence-corrected chi connectivity index (χ2v) is 6.22. The van der Waals surface area contributed by atoms with E-state index < -0.39 is 11.7 Å². The summed E-state index contributed by atoms with van der Waals surface area (Å²) in [6, 6.07) is -0.305. The average molecular weight is 280 g/mol. The lowest BCUT2D eigenvalue weighted by molar-refractivity contribution is 0.0524. The van der Waals surface area contributed by atoms with Crippen LogP contribution in [0.1, 0.15) is 51.2 Å². The van der Waals surface area contributed by atoms with E-state index >= 15 is 0 Å². The van der Waals surface area contributed by atoms with Gasteiger partial charge in [0.2, 0.25) is 0 Å². The third-order valence-corrected chi connectivity index (χ3v) is 3.17. The van der Waals surface area contributed by atoms with Crippen molar-refractivity contribution in [2.24, 2.45) is 5.73 Å². The van der Waals surface area contributed by atoms with Crippen molar-refractivity contribution >= 4 is 6.09 Å². The molecule has 1 aliphatic rings. The van der Waals surface area contributed by atoms with Gasteiger partial charge in [-0.1, -0.05) is 0 Å². The molecule has 2 heterocycles. The predicted octanol–water partition coefficient (Wildman–Crippen LogP) is 1.74. The molecule has 1 atom stereocenters. The predicted molar refractivity (Wildman–Crippen MR) is 76.3 cm³/mol. The molecule has 0 saturated carbocycles. The fraction of sp³-hybridized carbons (Fsp3) is 0.714. The Labute approximate surface area is 119 Å². The van der Waals surface area contributed by atoms with Crippen molar-refractivity contribution in [2.75, 3.05) is 6.54 Å². The Balaban J connectivity index is 1.87. The summed E-state index contributed by atoms with van der Waals surface area (Å²) < 4.78 is 7.33. The molecular formula is C14H24N4O2. The molecule has 1 aromatic rings. The highest BCUT2D eigenvalue weighted by molar-refractivity contribution is 5.67. The summed E-state index contributed by atoms with van der Waals surface area (Å²) in [4.78, 5) is 16.1. The van der Waals surface area contributed by atoms with Crippen molar-refractivity contribution in [1.82, 2.24) is 14.9 Å². The van der Waals surface area contributed by atoms with Crippen LogP contribution in [-0.2, 0) is 17.7 Å². The largest absolute Gasteiger partial charge is 0.444 e. The van der Waals surface area contributed by atoms with Gasteiger partial charge < -0.3 is 20.4 Å². The molecule has 1 unspecified atom stereocenters. The Hall–Kier alpha value is -1.56. The van der Waals surface area contributed by atoms with Gasteiger partial charge in [-0.2, -0.15) is 0 Å². The molecule has 1 aliphatic heterocycles. The van der Waals surface area contributed by atoms with E-state index in [-0.39, 0.29) is 6.04 Å². The number of carbonyl (C=O) groups excluding carboxylic acids is 1. The second-order valence-electron chi connectivity index (χ2n) is 6.22. The average Bonchev–Trinajstić information content (AvgIpc) is 2.77. The van der Waals surface area contributed by atoms with Gasteiger partial charge in [0.1, 0.15) is 11.4 Å². The first-order chi connectivity index (χ1) is 9.35. The van der Waals surface area contributed by atoms with Crippen LogP contribution in [0.4, 0.5) is 4.79 Å². The summed E-state index contributed by atoms with van der Waals surface area (Å²) in [5.74, 6) is 1.10. The number of hydrogen-bond donors (Lipinski definition) is 2. The van der Waals surface area contributed by atoms with Gasteiger partial charge in [0, 0.05) is 25.7 Å². The van der Waals surface area contributed by atoms with E-state index in [1.807, 2.05) is 27.0 Å². The zero-order valence-electron chi connectivity index (χ0n) is 12.5. The number of imidazole rings is 1. The van der Waals surface area contributed by atoms with Crippen LogP contribution in [0.3, 0.4) is 0 Å². The number of carbonyl (C=O) groups is 1. The Morgan fingerprint density at radius 1 is 1.55 bits per heavy atom. The molecule has 6 nitrogen and oxygen atoms in total. The standard InChI is InChI=1S/C14H24N4O2/c1-14(2,3)20-13(19)16-8-10(15)11-9-18-7-5-4-6-12(18)17-11/h9-10H,4-8,15H2,1-3H3,(H,16,19). The van der Waals surface area contributed by atoms with Crippen molar-refractivity contribution < 1.29 is 9.53 Å². The molecule has 6 heteroatoms. The van der Waals surface area contributed by atoms with Gasteiger partial charge in [0.25, 0.3) is 0 Å². The molecule has 2 rings (SSSR count). The highest BCUT2D eigenvalue weighted by atomic mass is 16.6. The van der Waals surface area contributed by atoms with E-state index in [4.69, 9.17) is 10.5 Å². The van der Waals surface area contributed by atoms with Crippen LogP contribution in [0.2, 0.25) is 0 Å². The Kier molecular flexibility index (Phi) is 4.32. The number of rotatable bonds is 3. The summed E-state index contributed by atoms with van der Waals surface area (Å²) in [6.45, 7) is 6.82. The molecule has 0 radical (unpaired) electrons. The number of nitrogens with one attached hydrogen (secondary N) is 1. The fourth-order valence-electron chi connectivity index (χ4n) is 2.23. The quantitative estimate of drug-likeness (QED) is 0.883. The summed E-state index contributed by atoms with van der Waals surface area (Å²) in [5.41, 5.74) is 6.41. The molecule has 0 saturated heterocycles. The number of nitrogens with zero attached hydrogens (tertiary/aromatic N) is 2.